The molecule has 1 fully saturated rings. The first-order valence-corrected chi connectivity index (χ1v) is 11.7. The molecule has 0 radical (unpaired) electrons. The van der Waals surface area contributed by atoms with Crippen LogP contribution in [0.2, 0.25) is 0 Å². The minimum atomic E-state index is -0.0698. The summed E-state index contributed by atoms with van der Waals surface area (Å²) in [6.07, 6.45) is 0.987. The minimum Gasteiger partial charge on any atom is -0.372 e. The highest BCUT2D eigenvalue weighted by molar-refractivity contribution is 5.93. The summed E-state index contributed by atoms with van der Waals surface area (Å²) in [5.74, 6) is -0.0698. The number of hydrogen-bond acceptors (Lipinski definition) is 5. The van der Waals surface area contributed by atoms with Crippen molar-refractivity contribution in [2.75, 3.05) is 19.6 Å². The number of aromatic nitrogens is 3. The fourth-order valence-electron chi connectivity index (χ4n) is 5.07. The van der Waals surface area contributed by atoms with Crippen LogP contribution in [-0.4, -0.2) is 62.5 Å². The average Bonchev–Trinajstić information content (AvgIpc) is 3.19. The Morgan fingerprint density at radius 2 is 1.82 bits per heavy atom. The third kappa shape index (κ3) is 4.43. The lowest BCUT2D eigenvalue weighted by Crippen LogP contribution is -2.48. The van der Waals surface area contributed by atoms with Crippen LogP contribution in [0.3, 0.4) is 0 Å². The molecule has 2 atom stereocenters. The summed E-state index contributed by atoms with van der Waals surface area (Å²) in [6.45, 7) is 9.92. The first kappa shape index (κ1) is 21.8. The van der Waals surface area contributed by atoms with Gasteiger partial charge >= 0.3 is 0 Å². The van der Waals surface area contributed by atoms with Gasteiger partial charge in [-0.3, -0.25) is 9.69 Å². The predicted octanol–water partition coefficient (Wildman–Crippen LogP) is 3.38. The van der Waals surface area contributed by atoms with Crippen molar-refractivity contribution in [3.63, 3.8) is 0 Å². The van der Waals surface area contributed by atoms with Gasteiger partial charge in [-0.25, -0.2) is 4.68 Å². The van der Waals surface area contributed by atoms with Crippen LogP contribution in [0.4, 0.5) is 0 Å². The summed E-state index contributed by atoms with van der Waals surface area (Å²) in [5, 5.41) is 8.72. The van der Waals surface area contributed by atoms with E-state index in [-0.39, 0.29) is 18.1 Å². The van der Waals surface area contributed by atoms with E-state index in [1.165, 1.54) is 16.7 Å². The van der Waals surface area contributed by atoms with E-state index in [1.54, 1.807) is 0 Å². The van der Waals surface area contributed by atoms with E-state index in [4.69, 9.17) is 4.74 Å². The number of rotatable bonds is 4. The highest BCUT2D eigenvalue weighted by Gasteiger charge is 2.30. The number of morpholine rings is 1. The lowest BCUT2D eigenvalue weighted by molar-refractivity contribution is -0.0587. The van der Waals surface area contributed by atoms with Gasteiger partial charge in [0, 0.05) is 32.7 Å². The maximum atomic E-state index is 13.2. The van der Waals surface area contributed by atoms with Gasteiger partial charge in [0.15, 0.2) is 5.69 Å². The molecule has 0 spiro atoms. The van der Waals surface area contributed by atoms with Crippen molar-refractivity contribution in [1.29, 1.82) is 0 Å². The molecule has 7 heteroatoms. The number of carbonyl (C=O) groups excluding carboxylic acids is 1. The maximum Gasteiger partial charge on any atom is 0.276 e. The van der Waals surface area contributed by atoms with Gasteiger partial charge in [-0.1, -0.05) is 47.7 Å². The minimum absolute atomic E-state index is 0.0213. The van der Waals surface area contributed by atoms with Crippen LogP contribution in [0.25, 0.3) is 5.69 Å². The molecule has 3 aromatic rings. The van der Waals surface area contributed by atoms with Crippen molar-refractivity contribution in [3.8, 4) is 5.69 Å². The fourth-order valence-corrected chi connectivity index (χ4v) is 5.07. The molecule has 172 valence electrons. The average molecular weight is 446 g/mol. The molecule has 1 aromatic heterocycles. The van der Waals surface area contributed by atoms with Gasteiger partial charge in [-0.05, 0) is 49.9 Å². The van der Waals surface area contributed by atoms with Crippen molar-refractivity contribution < 1.29 is 9.53 Å². The summed E-state index contributed by atoms with van der Waals surface area (Å²) >= 11 is 0. The molecule has 0 unspecified atom stereocenters. The van der Waals surface area contributed by atoms with Gasteiger partial charge in [0.2, 0.25) is 0 Å². The maximum absolute atomic E-state index is 13.2. The van der Waals surface area contributed by atoms with Crippen molar-refractivity contribution in [1.82, 2.24) is 24.8 Å². The molecule has 0 saturated carbocycles. The Morgan fingerprint density at radius 3 is 2.58 bits per heavy atom. The molecule has 1 amide bonds. The molecular formula is C26H31N5O2. The summed E-state index contributed by atoms with van der Waals surface area (Å²) in [7, 11) is 0. The molecule has 2 aliphatic heterocycles. The number of fused-ring (bicyclic) bond motifs is 1. The number of carbonyl (C=O) groups is 1. The van der Waals surface area contributed by atoms with E-state index in [1.807, 2.05) is 30.4 Å². The van der Waals surface area contributed by atoms with E-state index in [0.29, 0.717) is 18.8 Å². The lowest BCUT2D eigenvalue weighted by Gasteiger charge is -2.35. The van der Waals surface area contributed by atoms with Crippen LogP contribution < -0.4 is 0 Å². The zero-order valence-corrected chi connectivity index (χ0v) is 19.6. The Hall–Kier alpha value is -3.03. The first-order valence-electron chi connectivity index (χ1n) is 11.7. The predicted molar refractivity (Wildman–Crippen MR) is 126 cm³/mol. The van der Waals surface area contributed by atoms with Crippen molar-refractivity contribution in [3.05, 3.63) is 76.6 Å². The van der Waals surface area contributed by atoms with E-state index in [9.17, 15) is 4.79 Å². The van der Waals surface area contributed by atoms with E-state index in [2.05, 4.69) is 63.7 Å². The van der Waals surface area contributed by atoms with Crippen LogP contribution in [0, 0.1) is 6.92 Å². The highest BCUT2D eigenvalue weighted by Crippen LogP contribution is 2.27. The summed E-state index contributed by atoms with van der Waals surface area (Å²) in [6, 6.07) is 17.0. The third-order valence-corrected chi connectivity index (χ3v) is 6.60. The van der Waals surface area contributed by atoms with Crippen LogP contribution in [-0.2, 0) is 24.2 Å². The normalized spacial score (nSPS) is 21.1. The molecule has 5 rings (SSSR count). The molecule has 2 aliphatic rings. The van der Waals surface area contributed by atoms with Crippen LogP contribution in [0.1, 0.15) is 46.7 Å². The van der Waals surface area contributed by atoms with E-state index >= 15 is 0 Å². The topological polar surface area (TPSA) is 63.5 Å². The SMILES string of the molecule is Cc1c(C(=O)N2C[C@@H](C)O[C@@H](C)C2)nnn1-c1cccc2c1CCN(Cc1ccccc1)C2. The quantitative estimate of drug-likeness (QED) is 0.616. The van der Waals surface area contributed by atoms with Crippen molar-refractivity contribution >= 4 is 5.91 Å². The van der Waals surface area contributed by atoms with Crippen LogP contribution >= 0.6 is 0 Å². The largest absolute Gasteiger partial charge is 0.372 e. The van der Waals surface area contributed by atoms with Crippen LogP contribution in [0.15, 0.2) is 48.5 Å². The molecular weight excluding hydrogens is 414 g/mol. The number of amides is 1. The molecule has 0 bridgehead atoms. The second-order valence-electron chi connectivity index (χ2n) is 9.26. The van der Waals surface area contributed by atoms with Gasteiger partial charge < -0.3 is 9.64 Å². The number of ether oxygens (including phenoxy) is 1. The molecule has 0 aliphatic carbocycles. The lowest BCUT2D eigenvalue weighted by atomic mass is 9.97. The van der Waals surface area contributed by atoms with Gasteiger partial charge in [0.05, 0.1) is 23.6 Å². The standard InChI is InChI=1S/C26H31N5O2/c1-18-14-30(15-19(2)33-18)26(32)25-20(3)31(28-27-25)24-11-7-10-22-17-29(13-12-23(22)24)16-21-8-5-4-6-9-21/h4-11,18-19H,12-17H2,1-3H3/t18-,19+. The fraction of sp³-hybridized carbons (Fsp3) is 0.423. The number of benzene rings is 2. The van der Waals surface area contributed by atoms with Crippen LogP contribution in [0.5, 0.6) is 0 Å². The Kier molecular flexibility index (Phi) is 6.00. The zero-order chi connectivity index (χ0) is 22.9. The second-order valence-corrected chi connectivity index (χ2v) is 9.26. The molecule has 33 heavy (non-hydrogen) atoms. The van der Waals surface area contributed by atoms with Gasteiger partial charge in [0.1, 0.15) is 0 Å². The van der Waals surface area contributed by atoms with Gasteiger partial charge in [-0.2, -0.15) is 0 Å². The Balaban J connectivity index is 1.38. The Labute approximate surface area is 195 Å². The molecule has 0 N–H and O–H groups in total. The zero-order valence-electron chi connectivity index (χ0n) is 19.6. The third-order valence-electron chi connectivity index (χ3n) is 6.60. The number of nitrogens with zero attached hydrogens (tertiary/aromatic N) is 5. The summed E-state index contributed by atoms with van der Waals surface area (Å²) < 4.78 is 7.62. The smallest absolute Gasteiger partial charge is 0.276 e. The molecule has 7 nitrogen and oxygen atoms in total. The van der Waals surface area contributed by atoms with E-state index in [0.717, 1.165) is 37.4 Å². The van der Waals surface area contributed by atoms with Gasteiger partial charge in [-0.15, -0.1) is 5.10 Å². The molecule has 3 heterocycles. The highest BCUT2D eigenvalue weighted by atomic mass is 16.5. The van der Waals surface area contributed by atoms with Crippen molar-refractivity contribution in [2.45, 2.75) is 52.5 Å². The first-order chi connectivity index (χ1) is 16.0. The monoisotopic (exact) mass is 445 g/mol. The Morgan fingerprint density at radius 1 is 1.06 bits per heavy atom. The second kappa shape index (κ2) is 9.08. The summed E-state index contributed by atoms with van der Waals surface area (Å²) in [5.41, 5.74) is 6.18. The van der Waals surface area contributed by atoms with E-state index < -0.39 is 0 Å². The van der Waals surface area contributed by atoms with Gasteiger partial charge in [0.25, 0.3) is 5.91 Å². The molecule has 2 aromatic carbocycles. The summed E-state index contributed by atoms with van der Waals surface area (Å²) in [4.78, 5) is 17.5. The Bertz CT molecular complexity index is 1130. The van der Waals surface area contributed by atoms with Crippen molar-refractivity contribution in [2.24, 2.45) is 0 Å². The number of hydrogen-bond donors (Lipinski definition) is 0. The molecule has 1 saturated heterocycles.